The van der Waals surface area contributed by atoms with Crippen molar-refractivity contribution in [2.45, 2.75) is 26.8 Å². The van der Waals surface area contributed by atoms with Gasteiger partial charge in [-0.3, -0.25) is 0 Å². The Morgan fingerprint density at radius 1 is 1.10 bits per heavy atom. The van der Waals surface area contributed by atoms with Crippen molar-refractivity contribution >= 4 is 34.6 Å². The van der Waals surface area contributed by atoms with E-state index < -0.39 is 0 Å². The molecular weight excluding hydrogens is 300 g/mol. The molecule has 0 fully saturated rings. The Labute approximate surface area is 136 Å². The van der Waals surface area contributed by atoms with Crippen LogP contribution in [0.2, 0.25) is 5.02 Å². The lowest BCUT2D eigenvalue weighted by molar-refractivity contribution is 0.723. The van der Waals surface area contributed by atoms with E-state index in [1.165, 1.54) is 11.1 Å². The Kier molecular flexibility index (Phi) is 5.21. The third kappa shape index (κ3) is 4.45. The highest BCUT2D eigenvalue weighted by molar-refractivity contribution is 7.80. The van der Waals surface area contributed by atoms with Crippen LogP contribution < -0.4 is 10.6 Å². The number of nitrogens with one attached hydrogen (secondary N) is 2. The van der Waals surface area contributed by atoms with E-state index >= 15 is 0 Å². The predicted molar refractivity (Wildman–Crippen MR) is 95.1 cm³/mol. The van der Waals surface area contributed by atoms with Crippen molar-refractivity contribution in [2.24, 2.45) is 0 Å². The normalized spacial score (nSPS) is 11.8. The van der Waals surface area contributed by atoms with Gasteiger partial charge in [-0.05, 0) is 67.9 Å². The second kappa shape index (κ2) is 6.92. The third-order valence-electron chi connectivity index (χ3n) is 3.20. The molecule has 0 saturated heterocycles. The van der Waals surface area contributed by atoms with Crippen LogP contribution in [-0.4, -0.2) is 5.11 Å². The molecule has 0 unspecified atom stereocenters. The molecule has 0 spiro atoms. The van der Waals surface area contributed by atoms with Crippen LogP contribution in [0.15, 0.2) is 42.5 Å². The Morgan fingerprint density at radius 3 is 2.33 bits per heavy atom. The molecule has 4 heteroatoms. The smallest absolute Gasteiger partial charge is 0.171 e. The molecule has 2 aromatic rings. The Hall–Kier alpha value is -1.58. The molecule has 0 amide bonds. The van der Waals surface area contributed by atoms with Crippen LogP contribution in [-0.2, 0) is 0 Å². The second-order valence-corrected chi connectivity index (χ2v) is 6.03. The molecule has 0 heterocycles. The minimum atomic E-state index is 0.0459. The molecule has 0 bridgehead atoms. The summed E-state index contributed by atoms with van der Waals surface area (Å²) in [5.41, 5.74) is 4.44. The van der Waals surface area contributed by atoms with Gasteiger partial charge in [0.2, 0.25) is 0 Å². The van der Waals surface area contributed by atoms with Gasteiger partial charge < -0.3 is 10.6 Å². The average molecular weight is 319 g/mol. The lowest BCUT2D eigenvalue weighted by Gasteiger charge is -2.18. The highest BCUT2D eigenvalue weighted by Crippen LogP contribution is 2.22. The molecular formula is C17H19ClN2S. The summed E-state index contributed by atoms with van der Waals surface area (Å²) in [6.07, 6.45) is 0. The van der Waals surface area contributed by atoms with E-state index in [0.29, 0.717) is 5.11 Å². The van der Waals surface area contributed by atoms with Crippen LogP contribution in [0.25, 0.3) is 0 Å². The Balaban J connectivity index is 2.03. The molecule has 21 heavy (non-hydrogen) atoms. The molecule has 2 aromatic carbocycles. The number of halogens is 1. The molecule has 110 valence electrons. The summed E-state index contributed by atoms with van der Waals surface area (Å²) < 4.78 is 0. The highest BCUT2D eigenvalue weighted by atomic mass is 35.5. The Morgan fingerprint density at radius 2 is 1.71 bits per heavy atom. The largest absolute Gasteiger partial charge is 0.356 e. The van der Waals surface area contributed by atoms with Crippen molar-refractivity contribution in [3.05, 3.63) is 64.2 Å². The first kappa shape index (κ1) is 15.8. The molecule has 1 atom stereocenters. The van der Waals surface area contributed by atoms with E-state index in [-0.39, 0.29) is 6.04 Å². The zero-order valence-corrected chi connectivity index (χ0v) is 14.0. The van der Waals surface area contributed by atoms with Gasteiger partial charge in [0.1, 0.15) is 0 Å². The summed E-state index contributed by atoms with van der Waals surface area (Å²) >= 11 is 11.6. The van der Waals surface area contributed by atoms with E-state index in [1.54, 1.807) is 0 Å². The summed E-state index contributed by atoms with van der Waals surface area (Å²) in [6.45, 7) is 6.18. The molecule has 2 nitrogen and oxygen atoms in total. The third-order valence-corrected chi connectivity index (χ3v) is 3.76. The van der Waals surface area contributed by atoms with Crippen LogP contribution in [0.1, 0.15) is 29.7 Å². The molecule has 0 radical (unpaired) electrons. The lowest BCUT2D eigenvalue weighted by atomic mass is 10.1. The van der Waals surface area contributed by atoms with Crippen molar-refractivity contribution in [3.8, 4) is 0 Å². The first-order chi connectivity index (χ1) is 9.95. The van der Waals surface area contributed by atoms with Crippen molar-refractivity contribution < 1.29 is 0 Å². The summed E-state index contributed by atoms with van der Waals surface area (Å²) in [6, 6.07) is 14.1. The first-order valence-electron chi connectivity index (χ1n) is 6.86. The van der Waals surface area contributed by atoms with Crippen molar-refractivity contribution in [2.75, 3.05) is 5.32 Å². The average Bonchev–Trinajstić information content (AvgIpc) is 2.37. The molecule has 2 rings (SSSR count). The van der Waals surface area contributed by atoms with E-state index in [2.05, 4.69) is 42.7 Å². The van der Waals surface area contributed by atoms with Gasteiger partial charge in [-0.1, -0.05) is 35.9 Å². The van der Waals surface area contributed by atoms with Gasteiger partial charge >= 0.3 is 0 Å². The maximum atomic E-state index is 6.20. The quantitative estimate of drug-likeness (QED) is 0.778. The first-order valence-corrected chi connectivity index (χ1v) is 7.64. The van der Waals surface area contributed by atoms with Gasteiger partial charge in [-0.2, -0.15) is 0 Å². The molecule has 0 aliphatic heterocycles. The maximum absolute atomic E-state index is 6.20. The van der Waals surface area contributed by atoms with Gasteiger partial charge in [0.05, 0.1) is 6.04 Å². The van der Waals surface area contributed by atoms with Crippen molar-refractivity contribution in [1.82, 2.24) is 5.32 Å². The number of hydrogen-bond donors (Lipinski definition) is 2. The summed E-state index contributed by atoms with van der Waals surface area (Å²) in [5, 5.41) is 7.81. The zero-order chi connectivity index (χ0) is 15.4. The topological polar surface area (TPSA) is 24.1 Å². The number of hydrogen-bond acceptors (Lipinski definition) is 1. The minimum Gasteiger partial charge on any atom is -0.356 e. The number of rotatable bonds is 3. The van der Waals surface area contributed by atoms with E-state index in [4.69, 9.17) is 23.8 Å². The number of aryl methyl sites for hydroxylation is 2. The SMILES string of the molecule is Cc1cc(C)cc(NC(=S)N[C@@H](C)c2ccccc2Cl)c1. The minimum absolute atomic E-state index is 0.0459. The second-order valence-electron chi connectivity index (χ2n) is 5.22. The van der Waals surface area contributed by atoms with Gasteiger partial charge in [0, 0.05) is 10.7 Å². The van der Waals surface area contributed by atoms with Crippen molar-refractivity contribution in [1.29, 1.82) is 0 Å². The van der Waals surface area contributed by atoms with Crippen LogP contribution >= 0.6 is 23.8 Å². The van der Waals surface area contributed by atoms with Crippen LogP contribution in [0.5, 0.6) is 0 Å². The van der Waals surface area contributed by atoms with Gasteiger partial charge in [0.25, 0.3) is 0 Å². The van der Waals surface area contributed by atoms with Crippen LogP contribution in [0, 0.1) is 13.8 Å². The molecule has 0 aliphatic rings. The maximum Gasteiger partial charge on any atom is 0.171 e. The number of anilines is 1. The van der Waals surface area contributed by atoms with E-state index in [9.17, 15) is 0 Å². The fraction of sp³-hybridized carbons (Fsp3) is 0.235. The van der Waals surface area contributed by atoms with Crippen molar-refractivity contribution in [3.63, 3.8) is 0 Å². The van der Waals surface area contributed by atoms with Gasteiger partial charge in [-0.25, -0.2) is 0 Å². The number of benzene rings is 2. The monoisotopic (exact) mass is 318 g/mol. The standard InChI is InChI=1S/C17H19ClN2S/c1-11-8-12(2)10-14(9-11)20-17(21)19-13(3)15-6-4-5-7-16(15)18/h4-10,13H,1-3H3,(H2,19,20,21)/t13-/m0/s1. The predicted octanol–water partition coefficient (Wildman–Crippen LogP) is 5.00. The molecule has 0 saturated carbocycles. The number of thiocarbonyl (C=S) groups is 1. The van der Waals surface area contributed by atoms with Gasteiger partial charge in [-0.15, -0.1) is 0 Å². The molecule has 0 aliphatic carbocycles. The summed E-state index contributed by atoms with van der Waals surface area (Å²) in [4.78, 5) is 0. The van der Waals surface area contributed by atoms with Crippen LogP contribution in [0.4, 0.5) is 5.69 Å². The van der Waals surface area contributed by atoms with Gasteiger partial charge in [0.15, 0.2) is 5.11 Å². The molecule has 0 aromatic heterocycles. The Bertz CT molecular complexity index is 635. The van der Waals surface area contributed by atoms with E-state index in [1.807, 2.05) is 31.2 Å². The summed E-state index contributed by atoms with van der Waals surface area (Å²) in [5.74, 6) is 0. The van der Waals surface area contributed by atoms with E-state index in [0.717, 1.165) is 16.3 Å². The summed E-state index contributed by atoms with van der Waals surface area (Å²) in [7, 11) is 0. The molecule has 2 N–H and O–H groups in total. The fourth-order valence-corrected chi connectivity index (χ4v) is 2.91. The zero-order valence-electron chi connectivity index (χ0n) is 12.4. The fourth-order valence-electron chi connectivity index (χ4n) is 2.31. The highest BCUT2D eigenvalue weighted by Gasteiger charge is 2.10. The van der Waals surface area contributed by atoms with Crippen LogP contribution in [0.3, 0.4) is 0 Å². The lowest BCUT2D eigenvalue weighted by Crippen LogP contribution is -2.31.